The topological polar surface area (TPSA) is 72.8 Å². The maximum Gasteiger partial charge on any atom is 0.331 e. The van der Waals surface area contributed by atoms with Gasteiger partial charge in [0, 0.05) is 29.7 Å². The van der Waals surface area contributed by atoms with Crippen LogP contribution in [0.3, 0.4) is 0 Å². The van der Waals surface area contributed by atoms with Gasteiger partial charge in [-0.1, -0.05) is 59.6 Å². The number of esters is 2. The smallest absolute Gasteiger partial charge is 0.331 e. The number of carbonyl (C=O) groups excluding carboxylic acids is 2. The molecule has 0 aromatic carbocycles. The lowest BCUT2D eigenvalue weighted by Crippen LogP contribution is -2.74. The second-order valence-corrected chi connectivity index (χ2v) is 12.8. The molecule has 5 heteroatoms. The molecule has 0 aromatic heterocycles. The molecule has 1 heterocycles. The maximum absolute atomic E-state index is 13.0. The molecule has 1 spiro atoms. The third-order valence-electron chi connectivity index (χ3n) is 9.78. The van der Waals surface area contributed by atoms with Crippen molar-refractivity contribution in [3.05, 3.63) is 23.8 Å². The molecule has 0 radical (unpaired) electrons. The number of hydrogen-bond acceptors (Lipinski definition) is 5. The van der Waals surface area contributed by atoms with Crippen molar-refractivity contribution in [2.45, 2.75) is 105 Å². The van der Waals surface area contributed by atoms with E-state index in [9.17, 15) is 14.7 Å². The van der Waals surface area contributed by atoms with Gasteiger partial charge in [-0.3, -0.25) is 4.79 Å². The Balaban J connectivity index is 1.84. The molecular weight excluding hydrogens is 428 g/mol. The Morgan fingerprint density at radius 3 is 2.62 bits per heavy atom. The van der Waals surface area contributed by atoms with Crippen LogP contribution in [0.2, 0.25) is 0 Å². The lowest BCUT2D eigenvalue weighted by Gasteiger charge is -2.72. The number of fused-ring (bicyclic) bond motifs is 1. The molecule has 6 atom stereocenters. The minimum Gasteiger partial charge on any atom is -0.462 e. The van der Waals surface area contributed by atoms with Crippen LogP contribution in [0.5, 0.6) is 0 Å². The molecule has 4 aliphatic rings. The molecule has 4 rings (SSSR count). The van der Waals surface area contributed by atoms with Crippen LogP contribution in [-0.4, -0.2) is 35.4 Å². The molecule has 190 valence electrons. The molecule has 2 fully saturated rings. The van der Waals surface area contributed by atoms with Gasteiger partial charge >= 0.3 is 11.9 Å². The van der Waals surface area contributed by atoms with Crippen LogP contribution >= 0.6 is 0 Å². The molecule has 0 saturated heterocycles. The zero-order chi connectivity index (χ0) is 24.9. The van der Waals surface area contributed by atoms with Gasteiger partial charge in [0.25, 0.3) is 0 Å². The highest BCUT2D eigenvalue weighted by Gasteiger charge is 2.73. The third-order valence-corrected chi connectivity index (χ3v) is 9.78. The quantitative estimate of drug-likeness (QED) is 0.377. The van der Waals surface area contributed by atoms with Crippen molar-refractivity contribution in [2.24, 2.45) is 34.0 Å². The fourth-order valence-electron chi connectivity index (χ4n) is 8.42. The van der Waals surface area contributed by atoms with Gasteiger partial charge in [-0.05, 0) is 61.3 Å². The van der Waals surface area contributed by atoms with Gasteiger partial charge in [-0.15, -0.1) is 0 Å². The normalized spacial score (nSPS) is 40.5. The molecular formula is C29H44O5. The van der Waals surface area contributed by atoms with E-state index in [1.165, 1.54) is 6.92 Å². The third kappa shape index (κ3) is 3.96. The Kier molecular flexibility index (Phi) is 6.59. The van der Waals surface area contributed by atoms with E-state index in [-0.39, 0.29) is 40.7 Å². The molecule has 1 N–H and O–H groups in total. The highest BCUT2D eigenvalue weighted by atomic mass is 16.5. The first-order valence-electron chi connectivity index (χ1n) is 13.3. The standard InChI is InChI=1S/C29H44O5/c1-19(2)8-9-22-11-14-27(6)17-23(34-20(3)30)25-26(4,5)12-7-13-28(22,25)29(27,32)15-10-21-16-24(31)33-18-21/h11,14,16,19,22-23,25,32H,7-10,12-13,15,17-18H2,1-6H3/t22-,23-,25+,27+,28-,29-/m1/s1. The predicted molar refractivity (Wildman–Crippen MR) is 132 cm³/mol. The lowest BCUT2D eigenvalue weighted by molar-refractivity contribution is -0.294. The van der Waals surface area contributed by atoms with Crippen LogP contribution in [0, 0.1) is 34.0 Å². The number of aliphatic hydroxyl groups is 1. The summed E-state index contributed by atoms with van der Waals surface area (Å²) in [7, 11) is 0. The summed E-state index contributed by atoms with van der Waals surface area (Å²) in [5.74, 6) is 0.375. The zero-order valence-corrected chi connectivity index (χ0v) is 22.0. The predicted octanol–water partition coefficient (Wildman–Crippen LogP) is 5.76. The first-order valence-corrected chi connectivity index (χ1v) is 13.3. The molecule has 2 saturated carbocycles. The van der Waals surface area contributed by atoms with Crippen LogP contribution in [0.15, 0.2) is 23.8 Å². The Morgan fingerprint density at radius 2 is 2.00 bits per heavy atom. The van der Waals surface area contributed by atoms with E-state index in [4.69, 9.17) is 9.47 Å². The van der Waals surface area contributed by atoms with Gasteiger partial charge < -0.3 is 14.6 Å². The molecule has 34 heavy (non-hydrogen) atoms. The van der Waals surface area contributed by atoms with E-state index in [1.807, 2.05) is 0 Å². The number of ether oxygens (including phenoxy) is 2. The van der Waals surface area contributed by atoms with E-state index in [2.05, 4.69) is 46.8 Å². The van der Waals surface area contributed by atoms with E-state index < -0.39 is 11.0 Å². The summed E-state index contributed by atoms with van der Waals surface area (Å²) in [6.45, 7) is 13.1. The van der Waals surface area contributed by atoms with E-state index in [0.717, 1.165) is 37.7 Å². The summed E-state index contributed by atoms with van der Waals surface area (Å²) in [6.07, 6.45) is 13.1. The van der Waals surface area contributed by atoms with Crippen molar-refractivity contribution >= 4 is 11.9 Å². The van der Waals surface area contributed by atoms with Crippen molar-refractivity contribution in [3.8, 4) is 0 Å². The van der Waals surface area contributed by atoms with E-state index >= 15 is 0 Å². The fourth-order valence-corrected chi connectivity index (χ4v) is 8.42. The SMILES string of the molecule is CC(=O)O[C@@H]1C[C@]2(C)C=C[C@@H](CCC(C)C)[C@@]3(CCCC(C)(C)[C@H]13)[C@@]2(O)CCC1=CC(=O)OC1. The first kappa shape index (κ1) is 25.5. The minimum atomic E-state index is -0.956. The van der Waals surface area contributed by atoms with Crippen molar-refractivity contribution in [2.75, 3.05) is 6.61 Å². The summed E-state index contributed by atoms with van der Waals surface area (Å²) in [5, 5.41) is 13.0. The number of allylic oxidation sites excluding steroid dienone is 1. The van der Waals surface area contributed by atoms with Crippen molar-refractivity contribution < 1.29 is 24.2 Å². The average molecular weight is 473 g/mol. The Morgan fingerprint density at radius 1 is 1.26 bits per heavy atom. The second kappa shape index (κ2) is 8.80. The van der Waals surface area contributed by atoms with Crippen LogP contribution < -0.4 is 0 Å². The van der Waals surface area contributed by atoms with Gasteiger partial charge in [0.15, 0.2) is 0 Å². The molecule has 3 aliphatic carbocycles. The summed E-state index contributed by atoms with van der Waals surface area (Å²) in [6, 6.07) is 0. The number of hydrogen-bond donors (Lipinski definition) is 1. The fraction of sp³-hybridized carbons (Fsp3) is 0.793. The summed E-state index contributed by atoms with van der Waals surface area (Å²) < 4.78 is 11.2. The van der Waals surface area contributed by atoms with Gasteiger partial charge in [-0.2, -0.15) is 0 Å². The number of carbonyl (C=O) groups is 2. The van der Waals surface area contributed by atoms with Gasteiger partial charge in [0.1, 0.15) is 12.7 Å². The maximum atomic E-state index is 13.0. The molecule has 5 nitrogen and oxygen atoms in total. The largest absolute Gasteiger partial charge is 0.462 e. The summed E-state index contributed by atoms with van der Waals surface area (Å²) in [4.78, 5) is 23.9. The van der Waals surface area contributed by atoms with Crippen LogP contribution in [0.1, 0.15) is 92.9 Å². The van der Waals surface area contributed by atoms with Gasteiger partial charge in [0.05, 0.1) is 5.60 Å². The Labute approximate surface area is 205 Å². The molecule has 0 unspecified atom stereocenters. The van der Waals surface area contributed by atoms with Crippen molar-refractivity contribution in [3.63, 3.8) is 0 Å². The summed E-state index contributed by atoms with van der Waals surface area (Å²) in [5.41, 5.74) is -0.930. The number of rotatable bonds is 7. The van der Waals surface area contributed by atoms with Crippen LogP contribution in [-0.2, 0) is 19.1 Å². The number of cyclic esters (lactones) is 1. The molecule has 2 bridgehead atoms. The van der Waals surface area contributed by atoms with E-state index in [0.29, 0.717) is 31.8 Å². The van der Waals surface area contributed by atoms with Gasteiger partial charge in [0.2, 0.25) is 0 Å². The van der Waals surface area contributed by atoms with Crippen molar-refractivity contribution in [1.29, 1.82) is 0 Å². The summed E-state index contributed by atoms with van der Waals surface area (Å²) >= 11 is 0. The Hall–Kier alpha value is -1.62. The Bertz CT molecular complexity index is 885. The zero-order valence-electron chi connectivity index (χ0n) is 22.0. The molecule has 0 aromatic rings. The van der Waals surface area contributed by atoms with E-state index in [1.54, 1.807) is 6.08 Å². The highest BCUT2D eigenvalue weighted by molar-refractivity contribution is 5.85. The molecule has 1 aliphatic heterocycles. The lowest BCUT2D eigenvalue weighted by atomic mass is 9.34. The monoisotopic (exact) mass is 472 g/mol. The van der Waals surface area contributed by atoms with Crippen LogP contribution in [0.4, 0.5) is 0 Å². The van der Waals surface area contributed by atoms with Gasteiger partial charge in [-0.25, -0.2) is 4.79 Å². The average Bonchev–Trinajstić information content (AvgIpc) is 3.13. The van der Waals surface area contributed by atoms with Crippen LogP contribution in [0.25, 0.3) is 0 Å². The van der Waals surface area contributed by atoms with Crippen molar-refractivity contribution in [1.82, 2.24) is 0 Å². The molecule has 0 amide bonds. The minimum absolute atomic E-state index is 0.0549. The first-order chi connectivity index (χ1) is 15.8. The highest BCUT2D eigenvalue weighted by Crippen LogP contribution is 2.73. The second-order valence-electron chi connectivity index (χ2n) is 12.8.